The molecule has 9 nitrogen and oxygen atoms in total. The summed E-state index contributed by atoms with van der Waals surface area (Å²) in [5.41, 5.74) is 4.14. The number of aromatic amines is 1. The van der Waals surface area contributed by atoms with Gasteiger partial charge >= 0.3 is 0 Å². The second-order valence-corrected chi connectivity index (χ2v) is 8.48. The van der Waals surface area contributed by atoms with Gasteiger partial charge in [-0.3, -0.25) is 14.7 Å². The van der Waals surface area contributed by atoms with E-state index in [9.17, 15) is 9.59 Å². The number of rotatable bonds is 5. The highest BCUT2D eigenvalue weighted by Crippen LogP contribution is 2.25. The Morgan fingerprint density at radius 1 is 1.17 bits per heavy atom. The molecule has 9 heteroatoms. The number of likely N-dealkylation sites (tertiary alicyclic amines) is 1. The van der Waals surface area contributed by atoms with E-state index in [1.165, 1.54) is 12.8 Å². The summed E-state index contributed by atoms with van der Waals surface area (Å²) in [5, 5.41) is 17.9. The number of amides is 2. The largest absolute Gasteiger partial charge is 0.350 e. The first-order valence-corrected chi connectivity index (χ1v) is 11.0. The summed E-state index contributed by atoms with van der Waals surface area (Å²) in [6.07, 6.45) is 8.84. The van der Waals surface area contributed by atoms with Gasteiger partial charge in [-0.25, -0.2) is 4.63 Å². The third-order valence-electron chi connectivity index (χ3n) is 6.24. The minimum Gasteiger partial charge on any atom is -0.350 e. The molecule has 0 saturated carbocycles. The zero-order valence-electron chi connectivity index (χ0n) is 17.6. The average Bonchev–Trinajstić information content (AvgIpc) is 3.31. The van der Waals surface area contributed by atoms with Gasteiger partial charge in [-0.1, -0.05) is 23.2 Å². The van der Waals surface area contributed by atoms with Gasteiger partial charge in [0.1, 0.15) is 11.4 Å². The molecule has 3 heterocycles. The highest BCUT2D eigenvalue weighted by atomic mass is 16.6. The molecule has 0 spiro atoms. The maximum atomic E-state index is 13.2. The molecule has 162 valence electrons. The van der Waals surface area contributed by atoms with Crippen LogP contribution in [0.1, 0.15) is 78.1 Å². The number of nitrogens with one attached hydrogen (secondary N) is 2. The summed E-state index contributed by atoms with van der Waals surface area (Å²) in [6.45, 7) is 3.42. The van der Waals surface area contributed by atoms with Crippen molar-refractivity contribution in [3.8, 4) is 0 Å². The van der Waals surface area contributed by atoms with E-state index in [0.29, 0.717) is 36.6 Å². The predicted octanol–water partition coefficient (Wildman–Crippen LogP) is 2.32. The monoisotopic (exact) mass is 414 g/mol. The molecule has 1 saturated heterocycles. The number of hydrogen-bond donors (Lipinski definition) is 2. The molecule has 4 rings (SSSR count). The molecule has 1 fully saturated rings. The van der Waals surface area contributed by atoms with Crippen molar-refractivity contribution in [3.63, 3.8) is 0 Å². The summed E-state index contributed by atoms with van der Waals surface area (Å²) < 4.78 is 4.65. The Kier molecular flexibility index (Phi) is 6.44. The Balaban J connectivity index is 1.34. The van der Waals surface area contributed by atoms with Crippen LogP contribution in [-0.2, 0) is 24.2 Å². The van der Waals surface area contributed by atoms with Crippen molar-refractivity contribution in [2.45, 2.75) is 71.3 Å². The number of aryl methyl sites for hydroxylation is 2. The first-order chi connectivity index (χ1) is 14.6. The van der Waals surface area contributed by atoms with E-state index < -0.39 is 0 Å². The van der Waals surface area contributed by atoms with Crippen LogP contribution in [0.15, 0.2) is 4.63 Å². The fourth-order valence-corrected chi connectivity index (χ4v) is 4.50. The molecule has 2 aromatic heterocycles. The SMILES string of the molecule is Cc1nonc1CNC(=O)C[C@@H]1CCCN(C(=O)c2n[nH]c3c2CCCCCC3)C1. The molecular weight excluding hydrogens is 384 g/mol. The molecule has 0 radical (unpaired) electrons. The molecule has 0 aromatic carbocycles. The first kappa shape index (κ1) is 20.6. The van der Waals surface area contributed by atoms with E-state index in [1.54, 1.807) is 6.92 Å². The Hall–Kier alpha value is -2.71. The van der Waals surface area contributed by atoms with Crippen LogP contribution in [0.3, 0.4) is 0 Å². The molecule has 2 aromatic rings. The third kappa shape index (κ3) is 4.71. The Morgan fingerprint density at radius 3 is 2.80 bits per heavy atom. The average molecular weight is 415 g/mol. The van der Waals surface area contributed by atoms with Gasteiger partial charge in [0.25, 0.3) is 5.91 Å². The molecule has 30 heavy (non-hydrogen) atoms. The highest BCUT2D eigenvalue weighted by molar-refractivity contribution is 5.94. The normalized spacial score (nSPS) is 19.6. The van der Waals surface area contributed by atoms with Gasteiger partial charge < -0.3 is 10.2 Å². The quantitative estimate of drug-likeness (QED) is 0.775. The molecule has 2 N–H and O–H groups in total. The maximum absolute atomic E-state index is 13.2. The topological polar surface area (TPSA) is 117 Å². The number of carbonyl (C=O) groups is 2. The summed E-state index contributed by atoms with van der Waals surface area (Å²) in [7, 11) is 0. The zero-order chi connectivity index (χ0) is 20.9. The van der Waals surface area contributed by atoms with Crippen LogP contribution in [0.4, 0.5) is 0 Å². The van der Waals surface area contributed by atoms with Gasteiger partial charge in [0.05, 0.1) is 6.54 Å². The summed E-state index contributed by atoms with van der Waals surface area (Å²) in [5.74, 6) is 0.115. The zero-order valence-corrected chi connectivity index (χ0v) is 17.6. The van der Waals surface area contributed by atoms with Gasteiger partial charge in [-0.2, -0.15) is 5.10 Å². The van der Waals surface area contributed by atoms with E-state index in [1.807, 2.05) is 4.90 Å². The minimum absolute atomic E-state index is 0.00229. The van der Waals surface area contributed by atoms with Crippen molar-refractivity contribution in [3.05, 3.63) is 28.3 Å². The van der Waals surface area contributed by atoms with Crippen molar-refractivity contribution in [1.29, 1.82) is 0 Å². The lowest BCUT2D eigenvalue weighted by molar-refractivity contribution is -0.122. The number of nitrogens with zero attached hydrogens (tertiary/aromatic N) is 4. The lowest BCUT2D eigenvalue weighted by Gasteiger charge is -2.32. The Morgan fingerprint density at radius 2 is 2.00 bits per heavy atom. The standard InChI is InChI=1S/C21H30N6O3/c1-14-18(26-30-25-14)12-22-19(28)11-15-7-6-10-27(13-15)21(29)20-16-8-4-2-3-5-9-17(16)23-24-20/h15H,2-13H2,1H3,(H,22,28)(H,23,24)/t15-/m0/s1. The van der Waals surface area contributed by atoms with Gasteiger partial charge in [0.2, 0.25) is 5.91 Å². The van der Waals surface area contributed by atoms with E-state index in [2.05, 4.69) is 30.5 Å². The number of H-pyrrole nitrogens is 1. The fourth-order valence-electron chi connectivity index (χ4n) is 4.50. The minimum atomic E-state index is -0.0402. The van der Waals surface area contributed by atoms with Crippen LogP contribution in [0.5, 0.6) is 0 Å². The fraction of sp³-hybridized carbons (Fsp3) is 0.667. The molecule has 2 aliphatic rings. The van der Waals surface area contributed by atoms with Crippen molar-refractivity contribution < 1.29 is 14.2 Å². The van der Waals surface area contributed by atoms with E-state index in [-0.39, 0.29) is 17.7 Å². The number of aromatic nitrogens is 4. The molecule has 0 unspecified atom stereocenters. The van der Waals surface area contributed by atoms with Crippen molar-refractivity contribution >= 4 is 11.8 Å². The molecule has 1 atom stereocenters. The summed E-state index contributed by atoms with van der Waals surface area (Å²) in [6, 6.07) is 0. The van der Waals surface area contributed by atoms with Crippen molar-refractivity contribution in [1.82, 2.24) is 30.7 Å². The number of hydrogen-bond acceptors (Lipinski definition) is 6. The lowest BCUT2D eigenvalue weighted by Crippen LogP contribution is -2.41. The van der Waals surface area contributed by atoms with Crippen LogP contribution < -0.4 is 5.32 Å². The van der Waals surface area contributed by atoms with Crippen LogP contribution in [-0.4, -0.2) is 50.3 Å². The predicted molar refractivity (Wildman–Crippen MR) is 109 cm³/mol. The lowest BCUT2D eigenvalue weighted by atomic mass is 9.93. The van der Waals surface area contributed by atoms with Crippen LogP contribution in [0.2, 0.25) is 0 Å². The van der Waals surface area contributed by atoms with E-state index >= 15 is 0 Å². The third-order valence-corrected chi connectivity index (χ3v) is 6.24. The first-order valence-electron chi connectivity index (χ1n) is 11.0. The Labute approximate surface area is 175 Å². The van der Waals surface area contributed by atoms with Gasteiger partial charge in [0, 0.05) is 30.8 Å². The summed E-state index contributed by atoms with van der Waals surface area (Å²) in [4.78, 5) is 27.5. The van der Waals surface area contributed by atoms with Crippen LogP contribution in [0, 0.1) is 12.8 Å². The van der Waals surface area contributed by atoms with Gasteiger partial charge in [-0.05, 0) is 51.4 Å². The van der Waals surface area contributed by atoms with Gasteiger partial charge in [-0.15, -0.1) is 0 Å². The molecule has 2 amide bonds. The van der Waals surface area contributed by atoms with Crippen molar-refractivity contribution in [2.24, 2.45) is 5.92 Å². The second-order valence-electron chi connectivity index (χ2n) is 8.48. The molecule has 1 aliphatic carbocycles. The highest BCUT2D eigenvalue weighted by Gasteiger charge is 2.29. The second kappa shape index (κ2) is 9.40. The van der Waals surface area contributed by atoms with E-state index in [0.717, 1.165) is 56.3 Å². The molecule has 0 bridgehead atoms. The van der Waals surface area contributed by atoms with Crippen LogP contribution in [0.25, 0.3) is 0 Å². The van der Waals surface area contributed by atoms with Crippen LogP contribution >= 0.6 is 0 Å². The molecule has 1 aliphatic heterocycles. The van der Waals surface area contributed by atoms with Gasteiger partial charge in [0.15, 0.2) is 5.69 Å². The maximum Gasteiger partial charge on any atom is 0.274 e. The number of fused-ring (bicyclic) bond motifs is 1. The molecular formula is C21H30N6O3. The number of piperidine rings is 1. The smallest absolute Gasteiger partial charge is 0.274 e. The Bertz CT molecular complexity index is 889. The number of carbonyl (C=O) groups excluding carboxylic acids is 2. The van der Waals surface area contributed by atoms with E-state index in [4.69, 9.17) is 0 Å². The summed E-state index contributed by atoms with van der Waals surface area (Å²) >= 11 is 0. The van der Waals surface area contributed by atoms with Crippen molar-refractivity contribution in [2.75, 3.05) is 13.1 Å².